The fourth-order valence-electron chi connectivity index (χ4n) is 3.06. The fourth-order valence-corrected chi connectivity index (χ4v) is 6.52. The van der Waals surface area contributed by atoms with Gasteiger partial charge in [-0.1, -0.05) is 26.7 Å². The average molecular weight is 332 g/mol. The summed E-state index contributed by atoms with van der Waals surface area (Å²) < 4.78 is 28.0. The average Bonchev–Trinajstić information content (AvgIpc) is 3.04. The summed E-state index contributed by atoms with van der Waals surface area (Å²) >= 11 is 1.33. The highest BCUT2D eigenvalue weighted by atomic mass is 32.2. The van der Waals surface area contributed by atoms with E-state index < -0.39 is 10.0 Å². The lowest BCUT2D eigenvalue weighted by Gasteiger charge is -2.30. The van der Waals surface area contributed by atoms with E-state index in [-0.39, 0.29) is 18.6 Å². The minimum absolute atomic E-state index is 0.114. The first kappa shape index (κ1) is 16.9. The molecular weight excluding hydrogens is 306 g/mol. The van der Waals surface area contributed by atoms with Crippen LogP contribution in [-0.2, 0) is 16.6 Å². The van der Waals surface area contributed by atoms with Gasteiger partial charge < -0.3 is 5.11 Å². The maximum absolute atomic E-state index is 13.1. The summed E-state index contributed by atoms with van der Waals surface area (Å²) in [5.74, 6) is 0.289. The van der Waals surface area contributed by atoms with Gasteiger partial charge in [0.25, 0.3) is 0 Å². The van der Waals surface area contributed by atoms with E-state index in [4.69, 9.17) is 0 Å². The Hall–Kier alpha value is -0.430. The highest BCUT2D eigenvalue weighted by Crippen LogP contribution is 2.34. The Labute approximate surface area is 131 Å². The molecule has 0 aromatic carbocycles. The van der Waals surface area contributed by atoms with Crippen LogP contribution >= 0.6 is 11.3 Å². The molecule has 0 atom stereocenters. The second kappa shape index (κ2) is 6.77. The highest BCUT2D eigenvalue weighted by Gasteiger charge is 2.36. The van der Waals surface area contributed by atoms with Crippen molar-refractivity contribution >= 4 is 21.4 Å². The smallest absolute Gasteiger partial charge is 0.244 e. The summed E-state index contributed by atoms with van der Waals surface area (Å²) in [6.45, 7) is 6.24. The maximum atomic E-state index is 13.1. The molecule has 120 valence electrons. The number of nitrogens with zero attached hydrogens (tertiary/aromatic N) is 1. The van der Waals surface area contributed by atoms with E-state index >= 15 is 0 Å². The summed E-state index contributed by atoms with van der Waals surface area (Å²) in [5.41, 5.74) is 0.746. The Bertz CT molecular complexity index is 572. The zero-order valence-electron chi connectivity index (χ0n) is 13.0. The number of sulfonamides is 1. The molecule has 1 aliphatic carbocycles. The van der Waals surface area contributed by atoms with Crippen LogP contribution in [0.15, 0.2) is 10.3 Å². The number of hydrogen-bond donors (Lipinski definition) is 1. The van der Waals surface area contributed by atoms with Crippen LogP contribution in [0.25, 0.3) is 0 Å². The molecule has 4 nitrogen and oxygen atoms in total. The number of aliphatic hydroxyl groups is 1. The molecule has 6 heteroatoms. The van der Waals surface area contributed by atoms with Crippen molar-refractivity contribution in [3.05, 3.63) is 15.8 Å². The van der Waals surface area contributed by atoms with E-state index in [1.54, 1.807) is 4.31 Å². The first-order valence-corrected chi connectivity index (χ1v) is 9.89. The third-order valence-electron chi connectivity index (χ3n) is 3.98. The van der Waals surface area contributed by atoms with Gasteiger partial charge in [-0.2, -0.15) is 4.31 Å². The van der Waals surface area contributed by atoms with Crippen LogP contribution in [0.4, 0.5) is 0 Å². The summed E-state index contributed by atoms with van der Waals surface area (Å²) in [6, 6.07) is 0.114. The standard InChI is InChI=1S/C15H25NO3S2/c1-11(2)8-16(13-6-4-5-7-13)21(18,19)15-12(3)10-20-14(15)9-17/h10-11,13,17H,4-9H2,1-3H3. The number of aliphatic hydroxyl groups excluding tert-OH is 1. The molecule has 1 aromatic rings. The Kier molecular flexibility index (Phi) is 5.46. The van der Waals surface area contributed by atoms with Crippen molar-refractivity contribution in [3.63, 3.8) is 0 Å². The fraction of sp³-hybridized carbons (Fsp3) is 0.733. The van der Waals surface area contributed by atoms with Gasteiger partial charge in [0.15, 0.2) is 0 Å². The van der Waals surface area contributed by atoms with Gasteiger partial charge in [0, 0.05) is 12.6 Å². The molecule has 0 aliphatic heterocycles. The lowest BCUT2D eigenvalue weighted by atomic mass is 10.2. The van der Waals surface area contributed by atoms with Crippen LogP contribution in [0.3, 0.4) is 0 Å². The van der Waals surface area contributed by atoms with Gasteiger partial charge in [0.2, 0.25) is 10.0 Å². The molecule has 2 rings (SSSR count). The molecule has 1 fully saturated rings. The molecule has 0 amide bonds. The highest BCUT2D eigenvalue weighted by molar-refractivity contribution is 7.89. The van der Waals surface area contributed by atoms with E-state index in [1.165, 1.54) is 11.3 Å². The minimum atomic E-state index is -3.53. The summed E-state index contributed by atoms with van der Waals surface area (Å²) in [4.78, 5) is 0.891. The minimum Gasteiger partial charge on any atom is -0.391 e. The number of hydrogen-bond acceptors (Lipinski definition) is 4. The largest absolute Gasteiger partial charge is 0.391 e. The first-order chi connectivity index (χ1) is 9.87. The Morgan fingerprint density at radius 2 is 2.00 bits per heavy atom. The lowest BCUT2D eigenvalue weighted by molar-refractivity contribution is 0.278. The third-order valence-corrected chi connectivity index (χ3v) is 7.34. The van der Waals surface area contributed by atoms with Crippen molar-refractivity contribution in [2.24, 2.45) is 5.92 Å². The molecule has 0 radical (unpaired) electrons. The molecule has 0 unspecified atom stereocenters. The van der Waals surface area contributed by atoms with Gasteiger partial charge in [-0.05, 0) is 36.6 Å². The predicted octanol–water partition coefficient (Wildman–Crippen LogP) is 3.14. The van der Waals surface area contributed by atoms with Crippen LogP contribution in [0.1, 0.15) is 50.0 Å². The van der Waals surface area contributed by atoms with Gasteiger partial charge in [-0.15, -0.1) is 11.3 Å². The van der Waals surface area contributed by atoms with Crippen LogP contribution in [-0.4, -0.2) is 30.4 Å². The molecule has 0 saturated heterocycles. The molecule has 1 heterocycles. The SMILES string of the molecule is Cc1csc(CO)c1S(=O)(=O)N(CC(C)C)C1CCCC1. The predicted molar refractivity (Wildman–Crippen MR) is 86.0 cm³/mol. The van der Waals surface area contributed by atoms with Crippen molar-refractivity contribution < 1.29 is 13.5 Å². The summed E-state index contributed by atoms with van der Waals surface area (Å²) in [5, 5.41) is 11.3. The molecule has 1 aromatic heterocycles. The molecule has 1 N–H and O–H groups in total. The molecule has 0 spiro atoms. The van der Waals surface area contributed by atoms with Crippen molar-refractivity contribution in [1.82, 2.24) is 4.31 Å². The zero-order valence-corrected chi connectivity index (χ0v) is 14.6. The summed E-state index contributed by atoms with van der Waals surface area (Å²) in [6.07, 6.45) is 4.10. The van der Waals surface area contributed by atoms with Gasteiger partial charge in [-0.3, -0.25) is 0 Å². The van der Waals surface area contributed by atoms with E-state index in [2.05, 4.69) is 0 Å². The van der Waals surface area contributed by atoms with E-state index in [0.717, 1.165) is 31.2 Å². The van der Waals surface area contributed by atoms with Gasteiger partial charge in [0.05, 0.1) is 11.5 Å². The van der Waals surface area contributed by atoms with Crippen molar-refractivity contribution in [3.8, 4) is 0 Å². The molecular formula is C15H25NO3S2. The Balaban J connectivity index is 2.43. The molecule has 1 saturated carbocycles. The maximum Gasteiger partial charge on any atom is 0.244 e. The van der Waals surface area contributed by atoms with E-state index in [1.807, 2.05) is 26.2 Å². The number of thiophene rings is 1. The third kappa shape index (κ3) is 3.50. The van der Waals surface area contributed by atoms with Crippen LogP contribution in [0.2, 0.25) is 0 Å². The number of aryl methyl sites for hydroxylation is 1. The van der Waals surface area contributed by atoms with E-state index in [0.29, 0.717) is 16.3 Å². The second-order valence-corrected chi connectivity index (χ2v) is 9.03. The normalized spacial score (nSPS) is 17.2. The number of rotatable bonds is 6. The topological polar surface area (TPSA) is 57.6 Å². The first-order valence-electron chi connectivity index (χ1n) is 7.57. The zero-order chi connectivity index (χ0) is 15.6. The Morgan fingerprint density at radius 3 is 2.52 bits per heavy atom. The second-order valence-electron chi connectivity index (χ2n) is 6.24. The molecule has 21 heavy (non-hydrogen) atoms. The van der Waals surface area contributed by atoms with Crippen LogP contribution in [0.5, 0.6) is 0 Å². The molecule has 1 aliphatic rings. The van der Waals surface area contributed by atoms with Crippen LogP contribution < -0.4 is 0 Å². The summed E-state index contributed by atoms with van der Waals surface area (Å²) in [7, 11) is -3.53. The quantitative estimate of drug-likeness (QED) is 0.871. The van der Waals surface area contributed by atoms with Gasteiger partial charge in [0.1, 0.15) is 4.90 Å². The van der Waals surface area contributed by atoms with Crippen molar-refractivity contribution in [1.29, 1.82) is 0 Å². The Morgan fingerprint density at radius 1 is 1.38 bits per heavy atom. The van der Waals surface area contributed by atoms with Crippen LogP contribution in [0, 0.1) is 12.8 Å². The van der Waals surface area contributed by atoms with Gasteiger partial charge >= 0.3 is 0 Å². The molecule has 0 bridgehead atoms. The van der Waals surface area contributed by atoms with E-state index in [9.17, 15) is 13.5 Å². The van der Waals surface area contributed by atoms with Crippen molar-refractivity contribution in [2.75, 3.05) is 6.54 Å². The van der Waals surface area contributed by atoms with Gasteiger partial charge in [-0.25, -0.2) is 8.42 Å². The van der Waals surface area contributed by atoms with Crippen molar-refractivity contribution in [2.45, 2.75) is 64.0 Å². The monoisotopic (exact) mass is 331 g/mol. The lowest BCUT2D eigenvalue weighted by Crippen LogP contribution is -2.41.